The number of ether oxygens (including phenoxy) is 1. The molecular weight excluding hydrogens is 417 g/mol. The van der Waals surface area contributed by atoms with Gasteiger partial charge in [-0.1, -0.05) is 0 Å². The van der Waals surface area contributed by atoms with E-state index in [1.165, 1.54) is 17.8 Å². The van der Waals surface area contributed by atoms with Crippen molar-refractivity contribution in [1.29, 1.82) is 0 Å². The van der Waals surface area contributed by atoms with Crippen LogP contribution in [0.15, 0.2) is 24.3 Å². The smallest absolute Gasteiger partial charge is 0.265 e. The van der Waals surface area contributed by atoms with Crippen LogP contribution < -0.4 is 10.1 Å². The average molecular weight is 446 g/mol. The summed E-state index contributed by atoms with van der Waals surface area (Å²) in [5.41, 5.74) is 1.84. The number of likely N-dealkylation sites (tertiary alicyclic amines) is 1. The fourth-order valence-corrected chi connectivity index (χ4v) is 4.47. The van der Waals surface area contributed by atoms with Gasteiger partial charge in [0.25, 0.3) is 5.91 Å². The third kappa shape index (κ3) is 5.83. The molecule has 2 heterocycles. The van der Waals surface area contributed by atoms with E-state index in [-0.39, 0.29) is 30.7 Å². The Bertz CT molecular complexity index is 750. The van der Waals surface area contributed by atoms with Crippen molar-refractivity contribution in [1.82, 2.24) is 15.2 Å². The summed E-state index contributed by atoms with van der Waals surface area (Å²) in [6.45, 7) is 7.18. The Balaban J connectivity index is 0.00000196. The maximum Gasteiger partial charge on any atom is 0.265 e. The lowest BCUT2D eigenvalue weighted by Crippen LogP contribution is -2.42. The summed E-state index contributed by atoms with van der Waals surface area (Å²) in [5, 5.41) is 4.12. The number of piperidine rings is 1. The highest BCUT2D eigenvalue weighted by Crippen LogP contribution is 2.31. The van der Waals surface area contributed by atoms with Crippen LogP contribution >= 0.6 is 36.2 Å². The molecule has 28 heavy (non-hydrogen) atoms. The predicted molar refractivity (Wildman–Crippen MR) is 121 cm³/mol. The number of carbonyl (C=O) groups is 1. The summed E-state index contributed by atoms with van der Waals surface area (Å²) in [4.78, 5) is 20.4. The maximum absolute atomic E-state index is 13.0. The fourth-order valence-electron chi connectivity index (χ4n) is 3.43. The van der Waals surface area contributed by atoms with E-state index in [2.05, 4.69) is 10.3 Å². The molecule has 2 aromatic rings. The first-order chi connectivity index (χ1) is 12.6. The SMILES string of the molecule is CCOc1ccc(-c2nc(C)c(C(=O)N3CCCC(CNC)C3)s2)cc1.Cl.Cl. The highest BCUT2D eigenvalue weighted by Gasteiger charge is 2.27. The van der Waals surface area contributed by atoms with E-state index in [0.29, 0.717) is 12.5 Å². The zero-order valence-corrected chi connectivity index (χ0v) is 19.0. The molecule has 1 aromatic carbocycles. The average Bonchev–Trinajstić information content (AvgIpc) is 3.04. The first-order valence-corrected chi connectivity index (χ1v) is 10.1. The van der Waals surface area contributed by atoms with E-state index in [1.807, 2.05) is 50.1 Å². The fraction of sp³-hybridized carbons (Fsp3) is 0.500. The van der Waals surface area contributed by atoms with Gasteiger partial charge in [0.05, 0.1) is 12.3 Å². The summed E-state index contributed by atoms with van der Waals surface area (Å²) in [6, 6.07) is 7.90. The van der Waals surface area contributed by atoms with E-state index >= 15 is 0 Å². The zero-order valence-electron chi connectivity index (χ0n) is 16.6. The number of nitrogens with one attached hydrogen (secondary N) is 1. The number of benzene rings is 1. The van der Waals surface area contributed by atoms with Gasteiger partial charge >= 0.3 is 0 Å². The Labute approximate surface area is 183 Å². The van der Waals surface area contributed by atoms with Crippen molar-refractivity contribution in [2.75, 3.05) is 33.3 Å². The molecule has 1 N–H and O–H groups in total. The lowest BCUT2D eigenvalue weighted by molar-refractivity contribution is 0.0678. The minimum absolute atomic E-state index is 0. The predicted octanol–water partition coefficient (Wildman–Crippen LogP) is 4.43. The summed E-state index contributed by atoms with van der Waals surface area (Å²) in [7, 11) is 1.97. The molecule has 1 saturated heterocycles. The molecule has 1 aliphatic heterocycles. The van der Waals surface area contributed by atoms with Crippen molar-refractivity contribution >= 4 is 42.1 Å². The van der Waals surface area contributed by atoms with Gasteiger partial charge in [0.1, 0.15) is 15.6 Å². The van der Waals surface area contributed by atoms with Crippen molar-refractivity contribution < 1.29 is 9.53 Å². The van der Waals surface area contributed by atoms with Crippen molar-refractivity contribution in [3.63, 3.8) is 0 Å². The van der Waals surface area contributed by atoms with Crippen LogP contribution in [0.4, 0.5) is 0 Å². The molecule has 1 amide bonds. The first-order valence-electron chi connectivity index (χ1n) is 9.27. The number of thiazole rings is 1. The molecule has 0 spiro atoms. The van der Waals surface area contributed by atoms with Crippen LogP contribution in [0.3, 0.4) is 0 Å². The molecular formula is C20H29Cl2N3O2S. The van der Waals surface area contributed by atoms with E-state index in [1.54, 1.807) is 0 Å². The monoisotopic (exact) mass is 445 g/mol. The van der Waals surface area contributed by atoms with Gasteiger partial charge in [-0.25, -0.2) is 4.98 Å². The Kier molecular flexibility index (Phi) is 10.2. The first kappa shape index (κ1) is 24.7. The van der Waals surface area contributed by atoms with Gasteiger partial charge in [0.15, 0.2) is 0 Å². The maximum atomic E-state index is 13.0. The third-order valence-electron chi connectivity index (χ3n) is 4.70. The van der Waals surface area contributed by atoms with Gasteiger partial charge in [0.2, 0.25) is 0 Å². The lowest BCUT2D eigenvalue weighted by atomic mass is 9.98. The van der Waals surface area contributed by atoms with Crippen LogP contribution in [0.2, 0.25) is 0 Å². The number of carbonyl (C=O) groups excluding carboxylic acids is 1. The van der Waals surface area contributed by atoms with E-state index in [9.17, 15) is 4.79 Å². The Morgan fingerprint density at radius 3 is 2.68 bits per heavy atom. The number of halogens is 2. The Morgan fingerprint density at radius 2 is 2.04 bits per heavy atom. The minimum Gasteiger partial charge on any atom is -0.494 e. The summed E-state index contributed by atoms with van der Waals surface area (Å²) in [6.07, 6.45) is 2.26. The quantitative estimate of drug-likeness (QED) is 0.713. The van der Waals surface area contributed by atoms with E-state index < -0.39 is 0 Å². The molecule has 0 aliphatic carbocycles. The number of hydrogen-bond donors (Lipinski definition) is 1. The third-order valence-corrected chi connectivity index (χ3v) is 5.90. The molecule has 1 atom stereocenters. The number of aryl methyl sites for hydroxylation is 1. The molecule has 3 rings (SSSR count). The summed E-state index contributed by atoms with van der Waals surface area (Å²) >= 11 is 1.49. The summed E-state index contributed by atoms with van der Waals surface area (Å²) in [5.74, 6) is 1.51. The molecule has 0 radical (unpaired) electrons. The molecule has 1 fully saturated rings. The van der Waals surface area contributed by atoms with Crippen molar-refractivity contribution in [3.05, 3.63) is 34.8 Å². The molecule has 8 heteroatoms. The zero-order chi connectivity index (χ0) is 18.5. The van der Waals surface area contributed by atoms with Crippen LogP contribution in [-0.4, -0.2) is 49.1 Å². The molecule has 1 aromatic heterocycles. The van der Waals surface area contributed by atoms with Gasteiger partial charge in [0, 0.05) is 18.7 Å². The second kappa shape index (κ2) is 11.6. The van der Waals surface area contributed by atoms with Gasteiger partial charge in [-0.05, 0) is 70.5 Å². The van der Waals surface area contributed by atoms with Gasteiger partial charge in [-0.3, -0.25) is 4.79 Å². The minimum atomic E-state index is 0. The Morgan fingerprint density at radius 1 is 1.32 bits per heavy atom. The second-order valence-corrected chi connectivity index (χ2v) is 7.71. The van der Waals surface area contributed by atoms with Crippen molar-refractivity contribution in [3.8, 4) is 16.3 Å². The largest absolute Gasteiger partial charge is 0.494 e. The molecule has 0 saturated carbocycles. The van der Waals surface area contributed by atoms with Gasteiger partial charge in [-0.2, -0.15) is 0 Å². The number of amides is 1. The number of rotatable bonds is 6. The Hall–Kier alpha value is -1.34. The van der Waals surface area contributed by atoms with E-state index in [4.69, 9.17) is 4.74 Å². The number of nitrogens with zero attached hydrogens (tertiary/aromatic N) is 2. The van der Waals surface area contributed by atoms with Crippen LogP contribution in [0.5, 0.6) is 5.75 Å². The summed E-state index contributed by atoms with van der Waals surface area (Å²) < 4.78 is 5.49. The van der Waals surface area contributed by atoms with E-state index in [0.717, 1.165) is 52.9 Å². The lowest BCUT2D eigenvalue weighted by Gasteiger charge is -2.32. The van der Waals surface area contributed by atoms with Crippen LogP contribution in [0.25, 0.3) is 10.6 Å². The standard InChI is InChI=1S/C20H27N3O2S.2ClH/c1-4-25-17-9-7-16(8-10-17)19-22-14(2)18(26-19)20(24)23-11-5-6-15(13-23)12-21-3;;/h7-10,15,21H,4-6,11-13H2,1-3H3;2*1H. The molecule has 1 aliphatic rings. The van der Waals surface area contributed by atoms with Crippen LogP contribution in [-0.2, 0) is 0 Å². The highest BCUT2D eigenvalue weighted by atomic mass is 35.5. The normalized spacial score (nSPS) is 16.1. The highest BCUT2D eigenvalue weighted by molar-refractivity contribution is 7.17. The molecule has 5 nitrogen and oxygen atoms in total. The second-order valence-electron chi connectivity index (χ2n) is 6.71. The topological polar surface area (TPSA) is 54.5 Å². The van der Waals surface area contributed by atoms with Gasteiger partial charge < -0.3 is 15.0 Å². The van der Waals surface area contributed by atoms with Crippen LogP contribution in [0, 0.1) is 12.8 Å². The number of hydrogen-bond acceptors (Lipinski definition) is 5. The number of aromatic nitrogens is 1. The molecule has 0 bridgehead atoms. The molecule has 156 valence electrons. The van der Waals surface area contributed by atoms with Crippen molar-refractivity contribution in [2.45, 2.75) is 26.7 Å². The van der Waals surface area contributed by atoms with Gasteiger partial charge in [-0.15, -0.1) is 36.2 Å². The van der Waals surface area contributed by atoms with Crippen LogP contribution in [0.1, 0.15) is 35.1 Å². The van der Waals surface area contributed by atoms with Crippen molar-refractivity contribution in [2.24, 2.45) is 5.92 Å². The molecule has 1 unspecified atom stereocenters.